The van der Waals surface area contributed by atoms with Crippen molar-refractivity contribution in [3.63, 3.8) is 0 Å². The lowest BCUT2D eigenvalue weighted by atomic mass is 9.96. The lowest BCUT2D eigenvalue weighted by Gasteiger charge is -2.30. The molecule has 2 aromatic heterocycles. The van der Waals surface area contributed by atoms with Crippen molar-refractivity contribution in [1.29, 1.82) is 0 Å². The average Bonchev–Trinajstić information content (AvgIpc) is 3.45. The molecule has 3 aromatic rings. The first-order chi connectivity index (χ1) is 14.1. The molecule has 0 aliphatic carbocycles. The van der Waals surface area contributed by atoms with Crippen molar-refractivity contribution in [3.05, 3.63) is 58.1 Å². The van der Waals surface area contributed by atoms with Gasteiger partial charge in [0, 0.05) is 24.6 Å². The number of carbonyl (C=O) groups is 2. The number of hydrogen-bond donors (Lipinski definition) is 1. The Labute approximate surface area is 172 Å². The molecule has 0 radical (unpaired) electrons. The van der Waals surface area contributed by atoms with E-state index < -0.39 is 0 Å². The van der Waals surface area contributed by atoms with Gasteiger partial charge in [-0.25, -0.2) is 0 Å². The molecular formula is C21H22N4O3S. The summed E-state index contributed by atoms with van der Waals surface area (Å²) in [6.45, 7) is 3.27. The third-order valence-electron chi connectivity index (χ3n) is 5.09. The zero-order valence-electron chi connectivity index (χ0n) is 16.1. The van der Waals surface area contributed by atoms with Crippen LogP contribution in [0.5, 0.6) is 0 Å². The van der Waals surface area contributed by atoms with E-state index in [4.69, 9.17) is 4.52 Å². The van der Waals surface area contributed by atoms with Crippen LogP contribution in [0.3, 0.4) is 0 Å². The first kappa shape index (κ1) is 19.3. The number of aryl methyl sites for hydroxylation is 1. The molecule has 29 heavy (non-hydrogen) atoms. The molecule has 1 aliphatic rings. The Balaban J connectivity index is 1.28. The Hall–Kier alpha value is -3.00. The second kappa shape index (κ2) is 8.57. The molecule has 0 saturated carbocycles. The molecule has 1 fully saturated rings. The Kier molecular flexibility index (Phi) is 5.71. The van der Waals surface area contributed by atoms with E-state index in [9.17, 15) is 9.59 Å². The first-order valence-corrected chi connectivity index (χ1v) is 10.5. The highest BCUT2D eigenvalue weighted by Gasteiger charge is 2.27. The summed E-state index contributed by atoms with van der Waals surface area (Å²) in [6, 6.07) is 11.6. The molecular weight excluding hydrogens is 388 g/mol. The highest BCUT2D eigenvalue weighted by atomic mass is 32.1. The second-order valence-corrected chi connectivity index (χ2v) is 8.08. The van der Waals surface area contributed by atoms with E-state index in [0.29, 0.717) is 29.7 Å². The smallest absolute Gasteiger partial charge is 0.261 e. The van der Waals surface area contributed by atoms with Gasteiger partial charge in [-0.15, -0.1) is 11.3 Å². The second-order valence-electron chi connectivity index (χ2n) is 7.14. The third-order valence-corrected chi connectivity index (χ3v) is 5.96. The molecule has 1 aromatic carbocycles. The number of likely N-dealkylation sites (tertiary alicyclic amines) is 1. The number of rotatable bonds is 5. The Morgan fingerprint density at radius 3 is 2.66 bits per heavy atom. The number of thiophene rings is 1. The maximum Gasteiger partial charge on any atom is 0.261 e. The normalized spacial score (nSPS) is 14.7. The first-order valence-electron chi connectivity index (χ1n) is 9.60. The summed E-state index contributed by atoms with van der Waals surface area (Å²) in [7, 11) is 0. The predicted octanol–water partition coefficient (Wildman–Crippen LogP) is 3.24. The highest BCUT2D eigenvalue weighted by Crippen LogP contribution is 2.28. The molecule has 3 heterocycles. The molecule has 4 rings (SSSR count). The van der Waals surface area contributed by atoms with E-state index in [1.165, 1.54) is 16.9 Å². The molecule has 8 heteroatoms. The van der Waals surface area contributed by atoms with E-state index in [2.05, 4.69) is 15.5 Å². The van der Waals surface area contributed by atoms with Gasteiger partial charge in [0.15, 0.2) is 0 Å². The zero-order valence-corrected chi connectivity index (χ0v) is 16.9. The van der Waals surface area contributed by atoms with Crippen molar-refractivity contribution >= 4 is 23.2 Å². The SMILES string of the molecule is Cc1ccc(-c2noc(C3CCN(C(=O)CNC(=O)c4cccs4)CC3)n2)cc1. The molecule has 1 aliphatic heterocycles. The van der Waals surface area contributed by atoms with Crippen LogP contribution in [0, 0.1) is 6.92 Å². The number of aromatic nitrogens is 2. The molecule has 1 N–H and O–H groups in total. The molecule has 7 nitrogen and oxygen atoms in total. The largest absolute Gasteiger partial charge is 0.342 e. The number of nitrogens with one attached hydrogen (secondary N) is 1. The maximum absolute atomic E-state index is 12.4. The third kappa shape index (κ3) is 4.54. The Bertz CT molecular complexity index is 974. The van der Waals surface area contributed by atoms with Gasteiger partial charge in [0.2, 0.25) is 17.6 Å². The molecule has 0 unspecified atom stereocenters. The van der Waals surface area contributed by atoms with E-state index in [0.717, 1.165) is 18.4 Å². The van der Waals surface area contributed by atoms with Gasteiger partial charge in [-0.05, 0) is 31.2 Å². The average molecular weight is 410 g/mol. The minimum absolute atomic E-state index is 0.0134. The van der Waals surface area contributed by atoms with Crippen LogP contribution in [0.4, 0.5) is 0 Å². The van der Waals surface area contributed by atoms with Gasteiger partial charge in [-0.3, -0.25) is 9.59 Å². The summed E-state index contributed by atoms with van der Waals surface area (Å²) >= 11 is 1.36. The minimum atomic E-state index is -0.210. The van der Waals surface area contributed by atoms with Crippen molar-refractivity contribution in [2.45, 2.75) is 25.7 Å². The van der Waals surface area contributed by atoms with Gasteiger partial charge in [0.1, 0.15) is 0 Å². The van der Waals surface area contributed by atoms with Crippen LogP contribution in [0.1, 0.15) is 39.9 Å². The van der Waals surface area contributed by atoms with Crippen LogP contribution in [0.15, 0.2) is 46.3 Å². The van der Waals surface area contributed by atoms with E-state index in [1.807, 2.05) is 42.6 Å². The number of benzene rings is 1. The summed E-state index contributed by atoms with van der Waals surface area (Å²) in [5.74, 6) is 1.08. The van der Waals surface area contributed by atoms with Crippen LogP contribution in [0.25, 0.3) is 11.4 Å². The fourth-order valence-electron chi connectivity index (χ4n) is 3.36. The summed E-state index contributed by atoms with van der Waals surface area (Å²) in [4.78, 5) is 31.3. The van der Waals surface area contributed by atoms with Gasteiger partial charge in [-0.1, -0.05) is 41.1 Å². The van der Waals surface area contributed by atoms with Crippen molar-refractivity contribution < 1.29 is 14.1 Å². The van der Waals surface area contributed by atoms with Crippen molar-refractivity contribution in [2.24, 2.45) is 0 Å². The molecule has 1 saturated heterocycles. The molecule has 0 bridgehead atoms. The number of hydrogen-bond acceptors (Lipinski definition) is 6. The molecule has 0 atom stereocenters. The number of carbonyl (C=O) groups excluding carboxylic acids is 2. The van der Waals surface area contributed by atoms with Gasteiger partial charge in [0.25, 0.3) is 5.91 Å². The van der Waals surface area contributed by atoms with Gasteiger partial charge in [0.05, 0.1) is 11.4 Å². The number of piperidine rings is 1. The van der Waals surface area contributed by atoms with Crippen LogP contribution < -0.4 is 5.32 Å². The van der Waals surface area contributed by atoms with Gasteiger partial charge >= 0.3 is 0 Å². The van der Waals surface area contributed by atoms with E-state index in [-0.39, 0.29) is 24.3 Å². The van der Waals surface area contributed by atoms with Crippen LogP contribution in [-0.4, -0.2) is 46.5 Å². The Morgan fingerprint density at radius 2 is 1.97 bits per heavy atom. The Morgan fingerprint density at radius 1 is 1.21 bits per heavy atom. The van der Waals surface area contributed by atoms with E-state index >= 15 is 0 Å². The number of nitrogens with zero attached hydrogens (tertiary/aromatic N) is 3. The van der Waals surface area contributed by atoms with Crippen molar-refractivity contribution in [1.82, 2.24) is 20.4 Å². The van der Waals surface area contributed by atoms with Gasteiger partial charge in [-0.2, -0.15) is 4.98 Å². The lowest BCUT2D eigenvalue weighted by Crippen LogP contribution is -2.43. The zero-order chi connectivity index (χ0) is 20.2. The highest BCUT2D eigenvalue weighted by molar-refractivity contribution is 7.12. The van der Waals surface area contributed by atoms with Crippen LogP contribution in [-0.2, 0) is 4.79 Å². The number of amides is 2. The van der Waals surface area contributed by atoms with Crippen LogP contribution in [0.2, 0.25) is 0 Å². The summed E-state index contributed by atoms with van der Waals surface area (Å²) in [5.41, 5.74) is 2.11. The van der Waals surface area contributed by atoms with Crippen molar-refractivity contribution in [3.8, 4) is 11.4 Å². The quantitative estimate of drug-likeness (QED) is 0.698. The van der Waals surface area contributed by atoms with Gasteiger partial charge < -0.3 is 14.7 Å². The monoisotopic (exact) mass is 410 g/mol. The molecule has 2 amide bonds. The van der Waals surface area contributed by atoms with Crippen molar-refractivity contribution in [2.75, 3.05) is 19.6 Å². The maximum atomic E-state index is 12.4. The predicted molar refractivity (Wildman–Crippen MR) is 110 cm³/mol. The van der Waals surface area contributed by atoms with Crippen LogP contribution >= 0.6 is 11.3 Å². The fourth-order valence-corrected chi connectivity index (χ4v) is 4.00. The summed E-state index contributed by atoms with van der Waals surface area (Å²) in [5, 5.41) is 8.63. The summed E-state index contributed by atoms with van der Waals surface area (Å²) < 4.78 is 5.48. The summed E-state index contributed by atoms with van der Waals surface area (Å²) in [6.07, 6.45) is 1.53. The standard InChI is InChI=1S/C21H22N4O3S/c1-14-4-6-15(7-5-14)19-23-21(28-24-19)16-8-10-25(11-9-16)18(26)13-22-20(27)17-3-2-12-29-17/h2-7,12,16H,8-11,13H2,1H3,(H,22,27). The van der Waals surface area contributed by atoms with E-state index in [1.54, 1.807) is 11.0 Å². The molecule has 0 spiro atoms. The minimum Gasteiger partial charge on any atom is -0.342 e. The topological polar surface area (TPSA) is 88.3 Å². The molecule has 150 valence electrons. The fraction of sp³-hybridized carbons (Fsp3) is 0.333. The lowest BCUT2D eigenvalue weighted by molar-refractivity contribution is -0.131.